The summed E-state index contributed by atoms with van der Waals surface area (Å²) in [6.07, 6.45) is -3.20. The van der Waals surface area contributed by atoms with Crippen LogP contribution in [0.15, 0.2) is 0 Å². The van der Waals surface area contributed by atoms with E-state index in [2.05, 4.69) is 20.5 Å². The molecule has 1 aliphatic rings. The van der Waals surface area contributed by atoms with Gasteiger partial charge in [0.25, 0.3) is 0 Å². The Kier molecular flexibility index (Phi) is 4.28. The number of aromatic amines is 1. The summed E-state index contributed by atoms with van der Waals surface area (Å²) in [4.78, 5) is 6.13. The molecular weight excluding hydrogens is 259 g/mol. The van der Waals surface area contributed by atoms with Crippen molar-refractivity contribution in [2.24, 2.45) is 0 Å². The van der Waals surface area contributed by atoms with Crippen molar-refractivity contribution in [1.82, 2.24) is 20.5 Å². The Morgan fingerprint density at radius 3 is 2.63 bits per heavy atom. The van der Waals surface area contributed by atoms with E-state index >= 15 is 0 Å². The molecule has 0 radical (unpaired) electrons. The van der Waals surface area contributed by atoms with Crippen LogP contribution >= 0.6 is 0 Å². The van der Waals surface area contributed by atoms with E-state index in [4.69, 9.17) is 0 Å². The molecular formula is C11H18F3N5. The zero-order valence-electron chi connectivity index (χ0n) is 10.8. The standard InChI is InChI=1S/C11H18F3N5/c1-15-8-3-6-19(7-4-8)10-16-9(17-18-10)2-5-11(12,13)14/h8,15H,2-7H2,1H3,(H,16,17,18). The lowest BCUT2D eigenvalue weighted by molar-refractivity contribution is -0.134. The third kappa shape index (κ3) is 4.09. The Hall–Kier alpha value is -1.31. The van der Waals surface area contributed by atoms with Crippen LogP contribution in [0.3, 0.4) is 0 Å². The van der Waals surface area contributed by atoms with Crippen LogP contribution in [0.2, 0.25) is 0 Å². The third-order valence-corrected chi connectivity index (χ3v) is 3.35. The van der Waals surface area contributed by atoms with Crippen LogP contribution in [-0.2, 0) is 6.42 Å². The first kappa shape index (κ1) is 14.1. The van der Waals surface area contributed by atoms with Gasteiger partial charge < -0.3 is 10.2 Å². The Morgan fingerprint density at radius 2 is 2.05 bits per heavy atom. The number of halogens is 3. The second kappa shape index (κ2) is 5.77. The van der Waals surface area contributed by atoms with Crippen LogP contribution in [0.5, 0.6) is 0 Å². The SMILES string of the molecule is CNC1CCN(c2n[nH]c(CCC(F)(F)F)n2)CC1. The minimum atomic E-state index is -4.15. The molecule has 0 bridgehead atoms. The van der Waals surface area contributed by atoms with E-state index in [1.165, 1.54) is 0 Å². The highest BCUT2D eigenvalue weighted by atomic mass is 19.4. The summed E-state index contributed by atoms with van der Waals surface area (Å²) >= 11 is 0. The summed E-state index contributed by atoms with van der Waals surface area (Å²) in [5, 5.41) is 9.79. The lowest BCUT2D eigenvalue weighted by atomic mass is 10.1. The van der Waals surface area contributed by atoms with Crippen molar-refractivity contribution in [2.45, 2.75) is 37.9 Å². The van der Waals surface area contributed by atoms with E-state index in [-0.39, 0.29) is 6.42 Å². The quantitative estimate of drug-likeness (QED) is 0.875. The number of aryl methyl sites for hydroxylation is 1. The monoisotopic (exact) mass is 277 g/mol. The molecule has 0 spiro atoms. The highest BCUT2D eigenvalue weighted by molar-refractivity contribution is 5.29. The minimum Gasteiger partial charge on any atom is -0.339 e. The molecule has 8 heteroatoms. The molecule has 1 saturated heterocycles. The van der Waals surface area contributed by atoms with Crippen LogP contribution in [0, 0.1) is 0 Å². The number of nitrogens with one attached hydrogen (secondary N) is 2. The predicted octanol–water partition coefficient (Wildman–Crippen LogP) is 1.49. The molecule has 1 aromatic rings. The normalized spacial score (nSPS) is 18.0. The largest absolute Gasteiger partial charge is 0.389 e. The van der Waals surface area contributed by atoms with E-state index in [0.717, 1.165) is 25.9 Å². The van der Waals surface area contributed by atoms with Crippen LogP contribution in [0.1, 0.15) is 25.1 Å². The fraction of sp³-hybridized carbons (Fsp3) is 0.818. The van der Waals surface area contributed by atoms with Gasteiger partial charge in [0.15, 0.2) is 0 Å². The molecule has 0 aliphatic carbocycles. The van der Waals surface area contributed by atoms with Gasteiger partial charge in [0.05, 0.1) is 6.42 Å². The van der Waals surface area contributed by atoms with Crippen LogP contribution < -0.4 is 10.2 Å². The van der Waals surface area contributed by atoms with Crippen molar-refractivity contribution >= 4 is 5.95 Å². The van der Waals surface area contributed by atoms with Crippen molar-refractivity contribution in [3.05, 3.63) is 5.82 Å². The number of alkyl halides is 3. The Balaban J connectivity index is 1.87. The van der Waals surface area contributed by atoms with Gasteiger partial charge in [-0.3, -0.25) is 5.10 Å². The molecule has 108 valence electrons. The van der Waals surface area contributed by atoms with Crippen molar-refractivity contribution in [3.8, 4) is 0 Å². The van der Waals surface area contributed by atoms with Gasteiger partial charge in [-0.1, -0.05) is 0 Å². The second-order valence-corrected chi connectivity index (χ2v) is 4.75. The van der Waals surface area contributed by atoms with E-state index in [9.17, 15) is 13.2 Å². The topological polar surface area (TPSA) is 56.8 Å². The molecule has 1 fully saturated rings. The Morgan fingerprint density at radius 1 is 1.37 bits per heavy atom. The first-order chi connectivity index (χ1) is 8.98. The first-order valence-electron chi connectivity index (χ1n) is 6.38. The molecule has 0 atom stereocenters. The molecule has 1 aliphatic heterocycles. The third-order valence-electron chi connectivity index (χ3n) is 3.35. The molecule has 2 heterocycles. The summed E-state index contributed by atoms with van der Waals surface area (Å²) in [5.74, 6) is 0.801. The average Bonchev–Trinajstić information content (AvgIpc) is 2.84. The number of hydrogen-bond donors (Lipinski definition) is 2. The molecule has 2 rings (SSSR count). The second-order valence-electron chi connectivity index (χ2n) is 4.75. The van der Waals surface area contributed by atoms with Gasteiger partial charge in [-0.2, -0.15) is 18.2 Å². The van der Waals surface area contributed by atoms with Gasteiger partial charge >= 0.3 is 6.18 Å². The van der Waals surface area contributed by atoms with Crippen molar-refractivity contribution in [2.75, 3.05) is 25.0 Å². The van der Waals surface area contributed by atoms with Gasteiger partial charge in [-0.25, -0.2) is 0 Å². The summed E-state index contributed by atoms with van der Waals surface area (Å²) in [6, 6.07) is 0.500. The summed E-state index contributed by atoms with van der Waals surface area (Å²) in [6.45, 7) is 1.64. The van der Waals surface area contributed by atoms with Crippen LogP contribution in [0.25, 0.3) is 0 Å². The highest BCUT2D eigenvalue weighted by Crippen LogP contribution is 2.22. The van der Waals surface area contributed by atoms with E-state index in [0.29, 0.717) is 17.8 Å². The first-order valence-corrected chi connectivity index (χ1v) is 6.38. The lowest BCUT2D eigenvalue weighted by Crippen LogP contribution is -2.41. The summed E-state index contributed by atoms with van der Waals surface area (Å²) in [7, 11) is 1.93. The number of hydrogen-bond acceptors (Lipinski definition) is 4. The maximum absolute atomic E-state index is 12.1. The number of piperidine rings is 1. The summed E-state index contributed by atoms with van der Waals surface area (Å²) < 4.78 is 36.3. The number of rotatable bonds is 4. The van der Waals surface area contributed by atoms with E-state index in [1.807, 2.05) is 11.9 Å². The minimum absolute atomic E-state index is 0.149. The number of H-pyrrole nitrogens is 1. The van der Waals surface area contributed by atoms with Crippen LogP contribution in [-0.4, -0.2) is 47.5 Å². The molecule has 0 unspecified atom stereocenters. The zero-order chi connectivity index (χ0) is 13.9. The van der Waals surface area contributed by atoms with Crippen molar-refractivity contribution in [1.29, 1.82) is 0 Å². The molecule has 2 N–H and O–H groups in total. The summed E-state index contributed by atoms with van der Waals surface area (Å²) in [5.41, 5.74) is 0. The highest BCUT2D eigenvalue weighted by Gasteiger charge is 2.27. The fourth-order valence-corrected chi connectivity index (χ4v) is 2.17. The van der Waals surface area contributed by atoms with Gasteiger partial charge in [-0.05, 0) is 19.9 Å². The molecule has 5 nitrogen and oxygen atoms in total. The lowest BCUT2D eigenvalue weighted by Gasteiger charge is -2.30. The average molecular weight is 277 g/mol. The molecule has 19 heavy (non-hydrogen) atoms. The number of nitrogens with zero attached hydrogens (tertiary/aromatic N) is 3. The van der Waals surface area contributed by atoms with Gasteiger partial charge in [-0.15, -0.1) is 5.10 Å². The fourth-order valence-electron chi connectivity index (χ4n) is 2.17. The van der Waals surface area contributed by atoms with E-state index in [1.54, 1.807) is 0 Å². The van der Waals surface area contributed by atoms with Gasteiger partial charge in [0.2, 0.25) is 5.95 Å². The predicted molar refractivity (Wildman–Crippen MR) is 65.1 cm³/mol. The maximum Gasteiger partial charge on any atom is 0.389 e. The van der Waals surface area contributed by atoms with Crippen molar-refractivity contribution < 1.29 is 13.2 Å². The van der Waals surface area contributed by atoms with Crippen LogP contribution in [0.4, 0.5) is 19.1 Å². The number of aromatic nitrogens is 3. The molecule has 0 saturated carbocycles. The smallest absolute Gasteiger partial charge is 0.339 e. The molecule has 0 amide bonds. The molecule has 0 aromatic carbocycles. The van der Waals surface area contributed by atoms with E-state index < -0.39 is 12.6 Å². The van der Waals surface area contributed by atoms with Gasteiger partial charge in [0.1, 0.15) is 5.82 Å². The Labute approximate surface area is 109 Å². The molecule has 1 aromatic heterocycles. The Bertz CT molecular complexity index is 395. The van der Waals surface area contributed by atoms with Gasteiger partial charge in [0, 0.05) is 25.6 Å². The zero-order valence-corrected chi connectivity index (χ0v) is 10.8. The maximum atomic E-state index is 12.1. The van der Waals surface area contributed by atoms with Crippen molar-refractivity contribution in [3.63, 3.8) is 0 Å². The number of anilines is 1.